The molecule has 0 saturated carbocycles. The molecule has 4 nitrogen and oxygen atoms in total. The van der Waals surface area contributed by atoms with Crippen molar-refractivity contribution in [1.29, 1.82) is 0 Å². The molecule has 1 unspecified atom stereocenters. The number of halogens is 2. The van der Waals surface area contributed by atoms with Crippen LogP contribution in [0.1, 0.15) is 24.8 Å². The van der Waals surface area contributed by atoms with E-state index in [0.29, 0.717) is 0 Å². The third kappa shape index (κ3) is 6.90. The Morgan fingerprint density at radius 3 is 1.61 bits per heavy atom. The van der Waals surface area contributed by atoms with Crippen molar-refractivity contribution in [2.45, 2.75) is 25.3 Å². The van der Waals surface area contributed by atoms with Gasteiger partial charge in [0.15, 0.2) is 0 Å². The molecule has 2 heterocycles. The molecule has 0 N–H and O–H groups in total. The summed E-state index contributed by atoms with van der Waals surface area (Å²) >= 11 is 0. The molecule has 12 rings (SSSR count). The molecule has 8 aromatic carbocycles. The van der Waals surface area contributed by atoms with Gasteiger partial charge in [-0.05, 0) is 158 Å². The van der Waals surface area contributed by atoms with Gasteiger partial charge in [-0.1, -0.05) is 97.1 Å². The smallest absolute Gasteiger partial charge is 0.123 e. The van der Waals surface area contributed by atoms with Crippen LogP contribution < -0.4 is 9.80 Å². The van der Waals surface area contributed by atoms with Crippen LogP contribution in [0.5, 0.6) is 0 Å². The van der Waals surface area contributed by atoms with Gasteiger partial charge in [0, 0.05) is 61.4 Å². The van der Waals surface area contributed by atoms with Crippen molar-refractivity contribution in [2.24, 2.45) is 0 Å². The number of benzene rings is 8. The molecule has 66 heavy (non-hydrogen) atoms. The van der Waals surface area contributed by atoms with Crippen molar-refractivity contribution in [3.8, 4) is 11.4 Å². The number of allylic oxidation sites excluding steroid dienone is 6. The maximum Gasteiger partial charge on any atom is 0.123 e. The highest BCUT2D eigenvalue weighted by molar-refractivity contribution is 6.11. The zero-order valence-electron chi connectivity index (χ0n) is 36.1. The van der Waals surface area contributed by atoms with Crippen LogP contribution in [0, 0.1) is 11.6 Å². The summed E-state index contributed by atoms with van der Waals surface area (Å²) in [4.78, 5) is 4.83. The Morgan fingerprint density at radius 1 is 0.485 bits per heavy atom. The van der Waals surface area contributed by atoms with Gasteiger partial charge in [-0.2, -0.15) is 0 Å². The van der Waals surface area contributed by atoms with E-state index in [1.807, 2.05) is 24.3 Å². The highest BCUT2D eigenvalue weighted by Gasteiger charge is 2.24. The number of anilines is 4. The fourth-order valence-corrected chi connectivity index (χ4v) is 10.1. The maximum absolute atomic E-state index is 14.0. The SMILES string of the molecule is Fc1ccc(-n2c3ccccc3c3cc(N(C4=CC=CCC4)c4ccc(C5=CCC(N(c6ccccc6)c6ccc7c(c6)c6ccccc6n7-c6ccc(F)cc6)C=C5)cc4)ccc32)cc1. The summed E-state index contributed by atoms with van der Waals surface area (Å²) in [5.74, 6) is -0.493. The van der Waals surface area contributed by atoms with E-state index in [1.54, 1.807) is 0 Å². The number of aromatic nitrogens is 2. The minimum absolute atomic E-state index is 0.0871. The molecule has 0 amide bonds. The number of hydrogen-bond donors (Lipinski definition) is 0. The number of rotatable bonds is 9. The lowest BCUT2D eigenvalue weighted by molar-refractivity contribution is 0.627. The van der Waals surface area contributed by atoms with Gasteiger partial charge in [0.1, 0.15) is 11.6 Å². The fourth-order valence-electron chi connectivity index (χ4n) is 10.1. The Bertz CT molecular complexity index is 3570. The zero-order valence-corrected chi connectivity index (χ0v) is 36.1. The van der Waals surface area contributed by atoms with E-state index in [0.717, 1.165) is 97.0 Å². The second-order valence-electron chi connectivity index (χ2n) is 17.1. The van der Waals surface area contributed by atoms with Gasteiger partial charge in [0.2, 0.25) is 0 Å². The molecule has 318 valence electrons. The van der Waals surface area contributed by atoms with E-state index in [-0.39, 0.29) is 17.7 Å². The summed E-state index contributed by atoms with van der Waals surface area (Å²) < 4.78 is 32.5. The van der Waals surface area contributed by atoms with E-state index >= 15 is 0 Å². The van der Waals surface area contributed by atoms with Crippen LogP contribution in [0.25, 0.3) is 60.6 Å². The topological polar surface area (TPSA) is 16.3 Å². The third-order valence-electron chi connectivity index (χ3n) is 13.2. The van der Waals surface area contributed by atoms with E-state index < -0.39 is 0 Å². The number of hydrogen-bond acceptors (Lipinski definition) is 2. The first kappa shape index (κ1) is 39.4. The normalized spacial score (nSPS) is 14.8. The van der Waals surface area contributed by atoms with E-state index in [4.69, 9.17) is 0 Å². The molecule has 6 heteroatoms. The summed E-state index contributed by atoms with van der Waals surface area (Å²) in [7, 11) is 0. The van der Waals surface area contributed by atoms with Gasteiger partial charge in [-0.25, -0.2) is 8.78 Å². The first-order valence-electron chi connectivity index (χ1n) is 22.6. The molecule has 10 aromatic rings. The first-order valence-corrected chi connectivity index (χ1v) is 22.6. The highest BCUT2D eigenvalue weighted by Crippen LogP contribution is 2.42. The lowest BCUT2D eigenvalue weighted by Gasteiger charge is -2.33. The lowest BCUT2D eigenvalue weighted by atomic mass is 9.95. The number of fused-ring (bicyclic) bond motifs is 6. The van der Waals surface area contributed by atoms with E-state index in [1.165, 1.54) is 41.1 Å². The molecular weight excluding hydrogens is 815 g/mol. The average molecular weight is 859 g/mol. The largest absolute Gasteiger partial charge is 0.334 e. The van der Waals surface area contributed by atoms with Crippen LogP contribution in [0.4, 0.5) is 31.5 Å². The second kappa shape index (κ2) is 16.4. The predicted octanol–water partition coefficient (Wildman–Crippen LogP) is 16.1. The monoisotopic (exact) mass is 858 g/mol. The molecule has 2 aliphatic rings. The second-order valence-corrected chi connectivity index (χ2v) is 17.1. The van der Waals surface area contributed by atoms with Gasteiger partial charge in [-0.15, -0.1) is 0 Å². The van der Waals surface area contributed by atoms with Gasteiger partial charge < -0.3 is 18.9 Å². The molecule has 0 fully saturated rings. The quantitative estimate of drug-likeness (QED) is 0.144. The summed E-state index contributed by atoms with van der Waals surface area (Å²) in [6, 6.07) is 63.5. The fraction of sp³-hybridized carbons (Fsp3) is 0.0667. The highest BCUT2D eigenvalue weighted by atomic mass is 19.1. The number of nitrogens with zero attached hydrogens (tertiary/aromatic N) is 4. The van der Waals surface area contributed by atoms with Crippen LogP contribution >= 0.6 is 0 Å². The van der Waals surface area contributed by atoms with Gasteiger partial charge >= 0.3 is 0 Å². The van der Waals surface area contributed by atoms with Crippen LogP contribution in [0.2, 0.25) is 0 Å². The molecule has 0 radical (unpaired) electrons. The predicted molar refractivity (Wildman–Crippen MR) is 271 cm³/mol. The van der Waals surface area contributed by atoms with E-state index in [2.05, 4.69) is 195 Å². The van der Waals surface area contributed by atoms with Crippen LogP contribution in [-0.2, 0) is 0 Å². The van der Waals surface area contributed by atoms with Crippen LogP contribution in [-0.4, -0.2) is 15.2 Å². The van der Waals surface area contributed by atoms with Gasteiger partial charge in [-0.3, -0.25) is 0 Å². The molecule has 2 aliphatic carbocycles. The summed E-state index contributed by atoms with van der Waals surface area (Å²) in [6.45, 7) is 0. The standard InChI is InChI=1S/C60H44F2N4/c61-43-23-31-49(32-24-43)65-57-17-9-7-15-53(57)55-39-51(35-37-59(55)65)63(45-11-3-1-4-12-45)47-27-19-41(20-28-47)42-21-29-48(30-22-42)64(46-13-5-2-6-14-46)52-36-38-60-56(40-52)54-16-8-10-18-58(54)66(60)50-33-25-44(62)26-34-50/h1-5,7-13,15-27,29-40,47H,6,14,28H2. The van der Waals surface area contributed by atoms with Crippen molar-refractivity contribution < 1.29 is 8.78 Å². The zero-order chi connectivity index (χ0) is 44.1. The van der Waals surface area contributed by atoms with Crippen molar-refractivity contribution in [3.05, 3.63) is 247 Å². The molecule has 0 saturated heterocycles. The maximum atomic E-state index is 14.0. The van der Waals surface area contributed by atoms with Gasteiger partial charge in [0.25, 0.3) is 0 Å². The van der Waals surface area contributed by atoms with Crippen molar-refractivity contribution in [1.82, 2.24) is 9.13 Å². The first-order chi connectivity index (χ1) is 32.6. The molecular formula is C60H44F2N4. The average Bonchev–Trinajstić information content (AvgIpc) is 3.88. The van der Waals surface area contributed by atoms with E-state index in [9.17, 15) is 8.78 Å². The molecule has 1 atom stereocenters. The van der Waals surface area contributed by atoms with Crippen molar-refractivity contribution >= 4 is 71.9 Å². The minimum Gasteiger partial charge on any atom is -0.334 e. The Kier molecular flexibility index (Phi) is 9.79. The minimum atomic E-state index is -0.247. The van der Waals surface area contributed by atoms with Crippen molar-refractivity contribution in [3.63, 3.8) is 0 Å². The number of para-hydroxylation sites is 3. The third-order valence-corrected chi connectivity index (χ3v) is 13.2. The molecule has 2 aromatic heterocycles. The summed E-state index contributed by atoms with van der Waals surface area (Å²) in [5, 5.41) is 4.60. The van der Waals surface area contributed by atoms with Crippen LogP contribution in [0.15, 0.2) is 230 Å². The molecule has 0 bridgehead atoms. The van der Waals surface area contributed by atoms with Crippen LogP contribution in [0.3, 0.4) is 0 Å². The lowest BCUT2D eigenvalue weighted by Crippen LogP contribution is -2.30. The Hall–Kier alpha value is -8.22. The molecule has 0 spiro atoms. The van der Waals surface area contributed by atoms with Crippen molar-refractivity contribution in [2.75, 3.05) is 9.80 Å². The van der Waals surface area contributed by atoms with Gasteiger partial charge in [0.05, 0.1) is 28.1 Å². The summed E-state index contributed by atoms with van der Waals surface area (Å²) in [5.41, 5.74) is 14.2. The Balaban J connectivity index is 0.867. The molecule has 0 aliphatic heterocycles. The Morgan fingerprint density at radius 2 is 1.03 bits per heavy atom. The summed E-state index contributed by atoms with van der Waals surface area (Å²) in [6.07, 6.45) is 16.3. The Labute approximate surface area is 382 Å².